The van der Waals surface area contributed by atoms with Gasteiger partial charge in [0.2, 0.25) is 10.0 Å². The van der Waals surface area contributed by atoms with Gasteiger partial charge in [0.1, 0.15) is 0 Å². The molecular formula is C14H22N2O3S2. The molecule has 1 aliphatic rings. The molecule has 0 unspecified atom stereocenters. The van der Waals surface area contributed by atoms with Crippen LogP contribution >= 0.6 is 11.3 Å². The Labute approximate surface area is 130 Å². The summed E-state index contributed by atoms with van der Waals surface area (Å²) < 4.78 is 24.4. The SMILES string of the molecule is CCc1cc(C(=O)NC2CCN(S(C)(=O)=O)CC2)sc1C. The number of piperidine rings is 1. The monoisotopic (exact) mass is 330 g/mol. The number of nitrogens with zero attached hydrogens (tertiary/aromatic N) is 1. The number of rotatable bonds is 4. The highest BCUT2D eigenvalue weighted by Gasteiger charge is 2.26. The maximum absolute atomic E-state index is 12.2. The minimum Gasteiger partial charge on any atom is -0.349 e. The van der Waals surface area contributed by atoms with Gasteiger partial charge in [-0.3, -0.25) is 4.79 Å². The van der Waals surface area contributed by atoms with Gasteiger partial charge in [-0.1, -0.05) is 6.92 Å². The Balaban J connectivity index is 1.92. The lowest BCUT2D eigenvalue weighted by atomic mass is 10.1. The van der Waals surface area contributed by atoms with Crippen LogP contribution in [0.3, 0.4) is 0 Å². The second-order valence-electron chi connectivity index (χ2n) is 5.46. The van der Waals surface area contributed by atoms with E-state index < -0.39 is 10.0 Å². The van der Waals surface area contributed by atoms with Gasteiger partial charge in [-0.05, 0) is 37.8 Å². The molecule has 1 aliphatic heterocycles. The Bertz CT molecular complexity index is 614. The van der Waals surface area contributed by atoms with Crippen LogP contribution in [0.4, 0.5) is 0 Å². The van der Waals surface area contributed by atoms with Crippen molar-refractivity contribution < 1.29 is 13.2 Å². The van der Waals surface area contributed by atoms with E-state index in [4.69, 9.17) is 0 Å². The zero-order valence-electron chi connectivity index (χ0n) is 12.7. The fourth-order valence-electron chi connectivity index (χ4n) is 2.57. The average Bonchev–Trinajstić information content (AvgIpc) is 2.79. The molecule has 0 saturated carbocycles. The lowest BCUT2D eigenvalue weighted by Gasteiger charge is -2.30. The first-order chi connectivity index (χ1) is 9.81. The minimum atomic E-state index is -3.11. The van der Waals surface area contributed by atoms with Crippen molar-refractivity contribution >= 4 is 27.3 Å². The third-order valence-electron chi connectivity index (χ3n) is 3.88. The highest BCUT2D eigenvalue weighted by atomic mass is 32.2. The summed E-state index contributed by atoms with van der Waals surface area (Å²) in [5, 5.41) is 3.02. The lowest BCUT2D eigenvalue weighted by Crippen LogP contribution is -2.46. The Hall–Kier alpha value is -0.920. The summed E-state index contributed by atoms with van der Waals surface area (Å²) in [4.78, 5) is 14.2. The minimum absolute atomic E-state index is 0.0411. The van der Waals surface area contributed by atoms with Crippen molar-refractivity contribution in [3.05, 3.63) is 21.4 Å². The molecule has 2 rings (SSSR count). The van der Waals surface area contributed by atoms with Gasteiger partial charge in [-0.15, -0.1) is 11.3 Å². The van der Waals surface area contributed by atoms with Crippen LogP contribution < -0.4 is 5.32 Å². The Morgan fingerprint density at radius 3 is 2.52 bits per heavy atom. The third kappa shape index (κ3) is 4.05. The summed E-state index contributed by atoms with van der Waals surface area (Å²) in [7, 11) is -3.11. The molecule has 21 heavy (non-hydrogen) atoms. The fourth-order valence-corrected chi connectivity index (χ4v) is 4.46. The van der Waals surface area contributed by atoms with Crippen molar-refractivity contribution in [1.29, 1.82) is 0 Å². The Morgan fingerprint density at radius 1 is 1.43 bits per heavy atom. The maximum atomic E-state index is 12.2. The van der Waals surface area contributed by atoms with Crippen molar-refractivity contribution in [1.82, 2.24) is 9.62 Å². The first-order valence-electron chi connectivity index (χ1n) is 7.16. The van der Waals surface area contributed by atoms with E-state index >= 15 is 0 Å². The van der Waals surface area contributed by atoms with Crippen LogP contribution in [0.2, 0.25) is 0 Å². The van der Waals surface area contributed by atoms with Gasteiger partial charge in [-0.2, -0.15) is 0 Å². The Kier molecular flexibility index (Phi) is 5.06. The molecule has 1 saturated heterocycles. The molecule has 0 atom stereocenters. The standard InChI is InChI=1S/C14H22N2O3S2/c1-4-11-9-13(20-10(11)2)14(17)15-12-5-7-16(8-6-12)21(3,18)19/h9,12H,4-8H2,1-3H3,(H,15,17). The summed E-state index contributed by atoms with van der Waals surface area (Å²) in [6.07, 6.45) is 3.50. The van der Waals surface area contributed by atoms with Gasteiger partial charge in [0.15, 0.2) is 0 Å². The average molecular weight is 330 g/mol. The number of hydrogen-bond acceptors (Lipinski definition) is 4. The molecular weight excluding hydrogens is 308 g/mol. The third-order valence-corrected chi connectivity index (χ3v) is 6.28. The van der Waals surface area contributed by atoms with E-state index in [0.717, 1.165) is 11.3 Å². The number of amides is 1. The van der Waals surface area contributed by atoms with Crippen LogP contribution in [-0.2, 0) is 16.4 Å². The fraction of sp³-hybridized carbons (Fsp3) is 0.643. The summed E-state index contributed by atoms with van der Waals surface area (Å²) in [6.45, 7) is 5.07. The number of aryl methyl sites for hydroxylation is 2. The normalized spacial score (nSPS) is 17.9. The van der Waals surface area contributed by atoms with E-state index in [-0.39, 0.29) is 11.9 Å². The molecule has 1 fully saturated rings. The molecule has 5 nitrogen and oxygen atoms in total. The molecule has 7 heteroatoms. The molecule has 2 heterocycles. The van der Waals surface area contributed by atoms with Crippen LogP contribution in [0.5, 0.6) is 0 Å². The summed E-state index contributed by atoms with van der Waals surface area (Å²) in [5.41, 5.74) is 1.22. The van der Waals surface area contributed by atoms with E-state index in [2.05, 4.69) is 12.2 Å². The molecule has 0 spiro atoms. The van der Waals surface area contributed by atoms with Crippen molar-refractivity contribution in [3.8, 4) is 0 Å². The van der Waals surface area contributed by atoms with E-state index in [1.165, 1.54) is 32.3 Å². The summed E-state index contributed by atoms with van der Waals surface area (Å²) >= 11 is 1.52. The van der Waals surface area contributed by atoms with Crippen LogP contribution in [0.25, 0.3) is 0 Å². The van der Waals surface area contributed by atoms with E-state index in [9.17, 15) is 13.2 Å². The van der Waals surface area contributed by atoms with Gasteiger partial charge in [-0.25, -0.2) is 12.7 Å². The highest BCUT2D eigenvalue weighted by molar-refractivity contribution is 7.88. The summed E-state index contributed by atoms with van der Waals surface area (Å²) in [5.74, 6) is -0.0411. The van der Waals surface area contributed by atoms with Crippen molar-refractivity contribution in [2.75, 3.05) is 19.3 Å². The second-order valence-corrected chi connectivity index (χ2v) is 8.69. The van der Waals surface area contributed by atoms with Crippen LogP contribution in [-0.4, -0.2) is 44.0 Å². The first kappa shape index (κ1) is 16.5. The van der Waals surface area contributed by atoms with Gasteiger partial charge < -0.3 is 5.32 Å². The van der Waals surface area contributed by atoms with Crippen molar-refractivity contribution in [2.45, 2.75) is 39.2 Å². The molecule has 1 aromatic heterocycles. The van der Waals surface area contributed by atoms with Crippen LogP contribution in [0.1, 0.15) is 39.9 Å². The molecule has 0 aliphatic carbocycles. The number of thiophene rings is 1. The zero-order valence-corrected chi connectivity index (χ0v) is 14.3. The van der Waals surface area contributed by atoms with Crippen molar-refractivity contribution in [2.24, 2.45) is 0 Å². The topological polar surface area (TPSA) is 66.5 Å². The largest absolute Gasteiger partial charge is 0.349 e. The molecule has 1 aromatic rings. The molecule has 0 aromatic carbocycles. The van der Waals surface area contributed by atoms with Crippen molar-refractivity contribution in [3.63, 3.8) is 0 Å². The first-order valence-corrected chi connectivity index (χ1v) is 9.83. The van der Waals surface area contributed by atoms with E-state index in [1.807, 2.05) is 13.0 Å². The van der Waals surface area contributed by atoms with E-state index in [0.29, 0.717) is 25.9 Å². The predicted octanol–water partition coefficient (Wildman–Crippen LogP) is 1.77. The van der Waals surface area contributed by atoms with Crippen LogP contribution in [0, 0.1) is 6.92 Å². The number of nitrogens with one attached hydrogen (secondary N) is 1. The van der Waals surface area contributed by atoms with Crippen LogP contribution in [0.15, 0.2) is 6.07 Å². The second kappa shape index (κ2) is 6.46. The Morgan fingerprint density at radius 2 is 2.05 bits per heavy atom. The smallest absolute Gasteiger partial charge is 0.261 e. The predicted molar refractivity (Wildman–Crippen MR) is 85.3 cm³/mol. The quantitative estimate of drug-likeness (QED) is 0.915. The summed E-state index contributed by atoms with van der Waals surface area (Å²) in [6, 6.07) is 2.02. The maximum Gasteiger partial charge on any atom is 0.261 e. The lowest BCUT2D eigenvalue weighted by molar-refractivity contribution is 0.0928. The molecule has 0 bridgehead atoms. The van der Waals surface area contributed by atoms with E-state index in [1.54, 1.807) is 0 Å². The van der Waals surface area contributed by atoms with Gasteiger partial charge in [0.05, 0.1) is 11.1 Å². The number of hydrogen-bond donors (Lipinski definition) is 1. The van der Waals surface area contributed by atoms with Gasteiger partial charge in [0, 0.05) is 24.0 Å². The molecule has 118 valence electrons. The van der Waals surface area contributed by atoms with Gasteiger partial charge in [0.25, 0.3) is 5.91 Å². The molecule has 0 radical (unpaired) electrons. The number of carbonyl (C=O) groups is 1. The number of carbonyl (C=O) groups excluding carboxylic acids is 1. The zero-order chi connectivity index (χ0) is 15.6. The number of sulfonamides is 1. The highest BCUT2D eigenvalue weighted by Crippen LogP contribution is 2.22. The molecule has 1 N–H and O–H groups in total. The van der Waals surface area contributed by atoms with Gasteiger partial charge >= 0.3 is 0 Å². The molecule has 1 amide bonds.